The fraction of sp³-hybridized carbons (Fsp3) is 0.222. The second-order valence-electron chi connectivity index (χ2n) is 2.84. The smallest absolute Gasteiger partial charge is 0.264 e. The van der Waals surface area contributed by atoms with Crippen LogP contribution < -0.4 is 9.46 Å². The predicted octanol–water partition coefficient (Wildman–Crippen LogP) is 0.520. The Labute approximate surface area is 88.1 Å². The summed E-state index contributed by atoms with van der Waals surface area (Å²) in [5.74, 6) is -0.209. The van der Waals surface area contributed by atoms with Crippen molar-refractivity contribution in [3.05, 3.63) is 24.3 Å². The van der Waals surface area contributed by atoms with Crippen LogP contribution in [0.5, 0.6) is 5.75 Å². The van der Waals surface area contributed by atoms with Gasteiger partial charge in [-0.05, 0) is 12.1 Å². The number of amides is 1. The molecule has 0 saturated carbocycles. The Balaban J connectivity index is 3.10. The lowest BCUT2D eigenvalue weighted by Crippen LogP contribution is -2.28. The van der Waals surface area contributed by atoms with Crippen LogP contribution >= 0.6 is 0 Å². The summed E-state index contributed by atoms with van der Waals surface area (Å²) in [6.45, 7) is 1.14. The molecule has 0 atom stereocenters. The number of methoxy groups -OCH3 is 1. The van der Waals surface area contributed by atoms with Crippen molar-refractivity contribution in [1.82, 2.24) is 4.72 Å². The lowest BCUT2D eigenvalue weighted by Gasteiger charge is -2.05. The Bertz CT molecular complexity index is 467. The van der Waals surface area contributed by atoms with E-state index in [2.05, 4.69) is 0 Å². The highest BCUT2D eigenvalue weighted by Gasteiger charge is 2.15. The van der Waals surface area contributed by atoms with E-state index in [1.807, 2.05) is 4.72 Å². The van der Waals surface area contributed by atoms with Gasteiger partial charge < -0.3 is 4.74 Å². The Kier molecular flexibility index (Phi) is 3.31. The van der Waals surface area contributed by atoms with Crippen LogP contribution in [0.3, 0.4) is 0 Å². The van der Waals surface area contributed by atoms with Crippen LogP contribution in [0, 0.1) is 0 Å². The molecule has 0 aliphatic heterocycles. The van der Waals surface area contributed by atoms with Crippen molar-refractivity contribution in [3.8, 4) is 5.75 Å². The van der Waals surface area contributed by atoms with E-state index in [-0.39, 0.29) is 4.90 Å². The largest absolute Gasteiger partial charge is 0.497 e. The van der Waals surface area contributed by atoms with Crippen molar-refractivity contribution in [2.45, 2.75) is 11.8 Å². The summed E-state index contributed by atoms with van der Waals surface area (Å²) in [6.07, 6.45) is 0. The Hall–Kier alpha value is -1.56. The molecule has 6 heteroatoms. The zero-order chi connectivity index (χ0) is 11.5. The van der Waals surface area contributed by atoms with Crippen LogP contribution in [0.25, 0.3) is 0 Å². The maximum Gasteiger partial charge on any atom is 0.264 e. The molecule has 0 unspecified atom stereocenters. The van der Waals surface area contributed by atoms with Crippen molar-refractivity contribution >= 4 is 15.9 Å². The summed E-state index contributed by atoms with van der Waals surface area (Å²) >= 11 is 0. The first-order valence-corrected chi connectivity index (χ1v) is 5.61. The highest BCUT2D eigenvalue weighted by molar-refractivity contribution is 7.90. The standard InChI is InChI=1S/C9H11NO4S/c1-7(11)10-15(12,13)9-5-3-4-8(6-9)14-2/h3-6H,1-2H3,(H,10,11). The molecule has 1 N–H and O–H groups in total. The second kappa shape index (κ2) is 4.31. The van der Waals surface area contributed by atoms with Crippen LogP contribution in [0.1, 0.15) is 6.92 Å². The molecule has 0 fully saturated rings. The normalized spacial score (nSPS) is 10.8. The molecule has 0 radical (unpaired) electrons. The van der Waals surface area contributed by atoms with Crippen LogP contribution in [-0.4, -0.2) is 21.4 Å². The summed E-state index contributed by atoms with van der Waals surface area (Å²) < 4.78 is 29.8. The molecule has 0 spiro atoms. The maximum absolute atomic E-state index is 11.5. The van der Waals surface area contributed by atoms with Gasteiger partial charge in [-0.3, -0.25) is 4.79 Å². The predicted molar refractivity (Wildman–Crippen MR) is 54.0 cm³/mol. The van der Waals surface area contributed by atoms with Crippen molar-refractivity contribution < 1.29 is 17.9 Å². The number of carbonyl (C=O) groups excluding carboxylic acids is 1. The van der Waals surface area contributed by atoms with E-state index in [9.17, 15) is 13.2 Å². The van der Waals surface area contributed by atoms with E-state index < -0.39 is 15.9 Å². The van der Waals surface area contributed by atoms with Crippen molar-refractivity contribution in [2.75, 3.05) is 7.11 Å². The van der Waals surface area contributed by atoms with Crippen LogP contribution in [0.4, 0.5) is 0 Å². The summed E-state index contributed by atoms with van der Waals surface area (Å²) in [4.78, 5) is 10.7. The van der Waals surface area contributed by atoms with E-state index >= 15 is 0 Å². The Morgan fingerprint density at radius 2 is 2.07 bits per heavy atom. The number of ether oxygens (including phenoxy) is 1. The fourth-order valence-corrected chi connectivity index (χ4v) is 2.04. The first-order valence-electron chi connectivity index (χ1n) is 4.13. The molecule has 1 aromatic carbocycles. The van der Waals surface area contributed by atoms with E-state index in [1.165, 1.54) is 25.3 Å². The van der Waals surface area contributed by atoms with E-state index in [1.54, 1.807) is 6.07 Å². The Morgan fingerprint density at radius 1 is 1.40 bits per heavy atom. The zero-order valence-corrected chi connectivity index (χ0v) is 9.17. The van der Waals surface area contributed by atoms with Gasteiger partial charge >= 0.3 is 0 Å². The number of hydrogen-bond acceptors (Lipinski definition) is 4. The molecule has 0 aliphatic carbocycles. The van der Waals surface area contributed by atoms with Gasteiger partial charge in [0.15, 0.2) is 0 Å². The number of sulfonamides is 1. The molecule has 0 saturated heterocycles. The number of carbonyl (C=O) groups is 1. The Morgan fingerprint density at radius 3 is 2.60 bits per heavy atom. The molecule has 15 heavy (non-hydrogen) atoms. The molecule has 0 heterocycles. The summed E-state index contributed by atoms with van der Waals surface area (Å²) in [7, 11) is -2.34. The van der Waals surface area contributed by atoms with Gasteiger partial charge in [0.25, 0.3) is 10.0 Å². The molecule has 1 aromatic rings. The topological polar surface area (TPSA) is 72.5 Å². The minimum atomic E-state index is -3.77. The van der Waals surface area contributed by atoms with Gasteiger partial charge in [-0.25, -0.2) is 13.1 Å². The lowest BCUT2D eigenvalue weighted by molar-refractivity contribution is -0.117. The monoisotopic (exact) mass is 229 g/mol. The summed E-state index contributed by atoms with van der Waals surface area (Å²) in [6, 6.07) is 5.87. The van der Waals surface area contributed by atoms with E-state index in [4.69, 9.17) is 4.74 Å². The number of nitrogens with one attached hydrogen (secondary N) is 1. The van der Waals surface area contributed by atoms with Crippen LogP contribution in [-0.2, 0) is 14.8 Å². The van der Waals surface area contributed by atoms with Crippen LogP contribution in [0.2, 0.25) is 0 Å². The van der Waals surface area contributed by atoms with Gasteiger partial charge in [-0.2, -0.15) is 0 Å². The van der Waals surface area contributed by atoms with Gasteiger partial charge in [0.2, 0.25) is 5.91 Å². The van der Waals surface area contributed by atoms with Gasteiger partial charge in [-0.1, -0.05) is 6.07 Å². The third-order valence-corrected chi connectivity index (χ3v) is 3.06. The van der Waals surface area contributed by atoms with E-state index in [0.717, 1.165) is 6.92 Å². The highest BCUT2D eigenvalue weighted by Crippen LogP contribution is 2.16. The molecular weight excluding hydrogens is 218 g/mol. The molecule has 0 aliphatic rings. The molecule has 1 rings (SSSR count). The summed E-state index contributed by atoms with van der Waals surface area (Å²) in [5, 5.41) is 0. The fourth-order valence-electron chi connectivity index (χ4n) is 1.02. The van der Waals surface area contributed by atoms with Crippen molar-refractivity contribution in [3.63, 3.8) is 0 Å². The third-order valence-electron chi connectivity index (χ3n) is 1.63. The quantitative estimate of drug-likeness (QED) is 0.820. The van der Waals surface area contributed by atoms with Gasteiger partial charge in [0.1, 0.15) is 5.75 Å². The van der Waals surface area contributed by atoms with Crippen LogP contribution in [0.15, 0.2) is 29.2 Å². The lowest BCUT2D eigenvalue weighted by atomic mass is 10.3. The number of hydrogen-bond donors (Lipinski definition) is 1. The minimum Gasteiger partial charge on any atom is -0.497 e. The average molecular weight is 229 g/mol. The third kappa shape index (κ3) is 2.95. The second-order valence-corrected chi connectivity index (χ2v) is 4.52. The number of rotatable bonds is 3. The van der Waals surface area contributed by atoms with E-state index in [0.29, 0.717) is 5.75 Å². The zero-order valence-electron chi connectivity index (χ0n) is 8.35. The molecule has 0 aromatic heterocycles. The molecule has 5 nitrogen and oxygen atoms in total. The average Bonchev–Trinajstić information content (AvgIpc) is 2.16. The van der Waals surface area contributed by atoms with Crippen molar-refractivity contribution in [2.24, 2.45) is 0 Å². The molecule has 0 bridgehead atoms. The first kappa shape index (κ1) is 11.5. The van der Waals surface area contributed by atoms with Gasteiger partial charge in [0, 0.05) is 13.0 Å². The van der Waals surface area contributed by atoms with Crippen molar-refractivity contribution in [1.29, 1.82) is 0 Å². The molecular formula is C9H11NO4S. The summed E-state index contributed by atoms with van der Waals surface area (Å²) in [5.41, 5.74) is 0. The first-order chi connectivity index (χ1) is 6.95. The maximum atomic E-state index is 11.5. The highest BCUT2D eigenvalue weighted by atomic mass is 32.2. The minimum absolute atomic E-state index is 0.00273. The molecule has 1 amide bonds. The van der Waals surface area contributed by atoms with Gasteiger partial charge in [-0.15, -0.1) is 0 Å². The SMILES string of the molecule is COc1cccc(S(=O)(=O)NC(C)=O)c1. The van der Waals surface area contributed by atoms with Gasteiger partial charge in [0.05, 0.1) is 12.0 Å². The number of benzene rings is 1. The molecule has 82 valence electrons.